The van der Waals surface area contributed by atoms with E-state index in [1.54, 1.807) is 0 Å². The van der Waals surface area contributed by atoms with Crippen LogP contribution in [0.2, 0.25) is 0 Å². The minimum absolute atomic E-state index is 0.0289. The maximum Gasteiger partial charge on any atom is 0.161 e. The minimum Gasteiger partial charge on any atom is -0.402 e. The van der Waals surface area contributed by atoms with Crippen LogP contribution in [0.15, 0.2) is 34.3 Å². The Morgan fingerprint density at radius 3 is 1.28 bits per heavy atom. The molecule has 0 atom stereocenters. The molecule has 0 aromatic heterocycles. The Balaban J connectivity index is 0.000000189. The van der Waals surface area contributed by atoms with Crippen LogP contribution < -0.4 is 11.1 Å². The van der Waals surface area contributed by atoms with Gasteiger partial charge in [-0.2, -0.15) is 0 Å². The second-order valence-electron chi connectivity index (χ2n) is 9.91. The molecule has 1 aliphatic heterocycles. The molecule has 1 heterocycles. The second kappa shape index (κ2) is 14.9. The third kappa shape index (κ3) is 9.46. The van der Waals surface area contributed by atoms with Crippen molar-refractivity contribution in [2.45, 2.75) is 90.9 Å². The first-order valence-corrected chi connectivity index (χ1v) is 13.2. The summed E-state index contributed by atoms with van der Waals surface area (Å²) in [5, 5.41) is 3.29. The molecule has 2 saturated carbocycles. The molecular weight excluding hydrogens is 504 g/mol. The summed E-state index contributed by atoms with van der Waals surface area (Å²) in [6, 6.07) is 0. The summed E-state index contributed by atoms with van der Waals surface area (Å²) in [6.07, 6.45) is 8.82. The van der Waals surface area contributed by atoms with Crippen molar-refractivity contribution in [3.63, 3.8) is 0 Å². The number of nitrogens with two attached hydrogens (primary N) is 1. The number of Topliss-reactive ketones (excluding diaryl/α,β-unsaturated/α-hetero) is 6. The van der Waals surface area contributed by atoms with Crippen LogP contribution in [-0.4, -0.2) is 46.8 Å². The highest BCUT2D eigenvalue weighted by Gasteiger charge is 2.39. The predicted octanol–water partition coefficient (Wildman–Crippen LogP) is 2.47. The first-order chi connectivity index (χ1) is 18.5. The lowest BCUT2D eigenvalue weighted by atomic mass is 9.87. The van der Waals surface area contributed by atoms with Gasteiger partial charge >= 0.3 is 0 Å². The number of aldehydes is 1. The van der Waals surface area contributed by atoms with Gasteiger partial charge in [0.2, 0.25) is 0 Å². The smallest absolute Gasteiger partial charge is 0.161 e. The van der Waals surface area contributed by atoms with E-state index in [1.165, 1.54) is 13.0 Å². The number of hydrogen-bond donors (Lipinski definition) is 2. The van der Waals surface area contributed by atoms with Gasteiger partial charge in [-0.15, -0.1) is 0 Å². The van der Waals surface area contributed by atoms with E-state index in [1.807, 2.05) is 6.92 Å². The van der Waals surface area contributed by atoms with E-state index in [0.717, 1.165) is 53.8 Å². The zero-order chi connectivity index (χ0) is 29.1. The van der Waals surface area contributed by atoms with E-state index in [-0.39, 0.29) is 59.2 Å². The zero-order valence-corrected chi connectivity index (χ0v) is 22.6. The van der Waals surface area contributed by atoms with Crippen molar-refractivity contribution in [1.82, 2.24) is 5.32 Å². The van der Waals surface area contributed by atoms with Crippen LogP contribution in [0.25, 0.3) is 0 Å². The molecular formula is C29H36N2O8. The molecule has 0 amide bonds. The van der Waals surface area contributed by atoms with Crippen molar-refractivity contribution in [3.05, 3.63) is 34.3 Å². The Morgan fingerprint density at radius 2 is 1.05 bits per heavy atom. The van der Waals surface area contributed by atoms with E-state index in [2.05, 4.69) is 5.32 Å². The normalized spacial score (nSPS) is 21.5. The standard InChI is InChI=1S/C12H13NO2.C5H7NO.2C5H6O2.C2H4O/c1-6-11-7(2-4-9(11)14)13-8-3-5-10(15)12(6)8;3*6-4-1-2-5(7)3-4;1-2-3/h6,13H,2-5H2,1H3;3H,1-2,6H2;2*1-3H2;2H,1H3. The van der Waals surface area contributed by atoms with Crippen molar-refractivity contribution in [3.8, 4) is 0 Å². The van der Waals surface area contributed by atoms with Crippen LogP contribution in [0.1, 0.15) is 90.9 Å². The molecule has 0 radical (unpaired) electrons. The molecule has 10 heteroatoms. The van der Waals surface area contributed by atoms with Crippen LogP contribution in [-0.2, 0) is 38.4 Å². The van der Waals surface area contributed by atoms with Gasteiger partial charge in [-0.05, 0) is 32.3 Å². The summed E-state index contributed by atoms with van der Waals surface area (Å²) < 4.78 is 0. The monoisotopic (exact) mass is 540 g/mol. The van der Waals surface area contributed by atoms with Gasteiger partial charge in [0.15, 0.2) is 17.3 Å². The lowest BCUT2D eigenvalue weighted by molar-refractivity contribution is -0.123. The van der Waals surface area contributed by atoms with E-state index in [0.29, 0.717) is 44.9 Å². The third-order valence-corrected chi connectivity index (χ3v) is 6.78. The van der Waals surface area contributed by atoms with E-state index in [4.69, 9.17) is 10.5 Å². The van der Waals surface area contributed by atoms with Crippen molar-refractivity contribution in [2.75, 3.05) is 0 Å². The Morgan fingerprint density at radius 1 is 0.667 bits per heavy atom. The van der Waals surface area contributed by atoms with Gasteiger partial charge in [0.05, 0.1) is 12.8 Å². The van der Waals surface area contributed by atoms with Gasteiger partial charge in [0.1, 0.15) is 29.4 Å². The number of carbonyl (C=O) groups excluding carboxylic acids is 8. The third-order valence-electron chi connectivity index (χ3n) is 6.78. The topological polar surface area (TPSA) is 175 Å². The van der Waals surface area contributed by atoms with Gasteiger partial charge in [0, 0.05) is 79.1 Å². The van der Waals surface area contributed by atoms with Gasteiger partial charge in [-0.25, -0.2) is 0 Å². The summed E-state index contributed by atoms with van der Waals surface area (Å²) in [6.45, 7) is 3.43. The van der Waals surface area contributed by atoms with Gasteiger partial charge < -0.3 is 15.8 Å². The molecule has 0 spiro atoms. The first kappa shape index (κ1) is 31.4. The number of ketones is 7. The highest BCUT2D eigenvalue weighted by Crippen LogP contribution is 2.40. The lowest BCUT2D eigenvalue weighted by Gasteiger charge is -2.23. The van der Waals surface area contributed by atoms with Gasteiger partial charge in [-0.1, -0.05) is 6.92 Å². The molecule has 3 N–H and O–H groups in total. The highest BCUT2D eigenvalue weighted by molar-refractivity contribution is 6.07. The van der Waals surface area contributed by atoms with Crippen LogP contribution >= 0.6 is 0 Å². The molecule has 0 saturated heterocycles. The fourth-order valence-corrected chi connectivity index (χ4v) is 4.91. The molecule has 0 aromatic carbocycles. The number of rotatable bonds is 0. The van der Waals surface area contributed by atoms with Crippen LogP contribution in [0.4, 0.5) is 0 Å². The molecule has 0 bridgehead atoms. The van der Waals surface area contributed by atoms with E-state index >= 15 is 0 Å². The number of carbonyl (C=O) groups is 8. The van der Waals surface area contributed by atoms with Crippen molar-refractivity contribution in [2.24, 2.45) is 11.7 Å². The molecule has 0 unspecified atom stereocenters. The minimum atomic E-state index is 0.0289. The molecule has 210 valence electrons. The fraction of sp³-hybridized carbons (Fsp3) is 0.517. The molecule has 10 nitrogen and oxygen atoms in total. The van der Waals surface area contributed by atoms with Crippen LogP contribution in [0.5, 0.6) is 0 Å². The lowest BCUT2D eigenvalue weighted by Crippen LogP contribution is -2.25. The fourth-order valence-electron chi connectivity index (χ4n) is 4.91. The first-order valence-electron chi connectivity index (χ1n) is 13.2. The summed E-state index contributed by atoms with van der Waals surface area (Å²) in [5.74, 6) is 1.04. The number of nitrogens with one attached hydrogen (secondary N) is 1. The van der Waals surface area contributed by atoms with Crippen LogP contribution in [0, 0.1) is 5.92 Å². The van der Waals surface area contributed by atoms with Crippen molar-refractivity contribution < 1.29 is 38.4 Å². The summed E-state index contributed by atoms with van der Waals surface area (Å²) >= 11 is 0. The molecule has 39 heavy (non-hydrogen) atoms. The van der Waals surface area contributed by atoms with E-state index in [9.17, 15) is 33.6 Å². The predicted molar refractivity (Wildman–Crippen MR) is 141 cm³/mol. The molecule has 0 aromatic rings. The SMILES string of the molecule is CC1C2=C(CCC2=O)NC2=C1C(=O)CC2.CC=O.NC1=CC(=O)CC1.O=C1CCC(=O)C1.O=C1CCC(=O)C1. The average Bonchev–Trinajstić information content (AvgIpc) is 3.69. The largest absolute Gasteiger partial charge is 0.402 e. The number of hydrogen-bond acceptors (Lipinski definition) is 10. The highest BCUT2D eigenvalue weighted by atomic mass is 16.2. The second-order valence-corrected chi connectivity index (χ2v) is 9.91. The Hall–Kier alpha value is -3.82. The van der Waals surface area contributed by atoms with Crippen LogP contribution in [0.3, 0.4) is 0 Å². The van der Waals surface area contributed by atoms with Crippen molar-refractivity contribution >= 4 is 46.8 Å². The quantitative estimate of drug-likeness (QED) is 0.343. The van der Waals surface area contributed by atoms with Crippen molar-refractivity contribution in [1.29, 1.82) is 0 Å². The van der Waals surface area contributed by atoms with Gasteiger partial charge in [-0.3, -0.25) is 33.6 Å². The maximum atomic E-state index is 11.7. The molecule has 6 rings (SSSR count). The number of allylic oxidation sites excluding steroid dienone is 6. The molecule has 6 aliphatic rings. The molecule has 5 aliphatic carbocycles. The summed E-state index contributed by atoms with van der Waals surface area (Å²) in [7, 11) is 0. The maximum absolute atomic E-state index is 11.7. The summed E-state index contributed by atoms with van der Waals surface area (Å²) in [4.78, 5) is 83.4. The van der Waals surface area contributed by atoms with E-state index < -0.39 is 0 Å². The Labute approximate surface area is 227 Å². The average molecular weight is 541 g/mol. The molecule has 2 fully saturated rings. The Bertz CT molecular complexity index is 1070. The zero-order valence-electron chi connectivity index (χ0n) is 22.6. The Kier molecular flexibility index (Phi) is 12.0. The summed E-state index contributed by atoms with van der Waals surface area (Å²) in [5.41, 5.74) is 9.86. The number of dihydropyridines is 1. The van der Waals surface area contributed by atoms with Gasteiger partial charge in [0.25, 0.3) is 0 Å².